The Balaban J connectivity index is 2.58. The van der Waals surface area contributed by atoms with Gasteiger partial charge in [-0.3, -0.25) is 0 Å². The first-order valence-electron chi connectivity index (χ1n) is 6.60. The van der Waals surface area contributed by atoms with Gasteiger partial charge in [0.1, 0.15) is 5.56 Å². The van der Waals surface area contributed by atoms with Crippen LogP contribution in [0.4, 0.5) is 0 Å². The van der Waals surface area contributed by atoms with Gasteiger partial charge in [0.05, 0.1) is 6.10 Å². The number of ether oxygens (including phenoxy) is 1. The van der Waals surface area contributed by atoms with Crippen LogP contribution in [0.15, 0.2) is 16.7 Å². The zero-order chi connectivity index (χ0) is 14.3. The third-order valence-corrected chi connectivity index (χ3v) is 3.26. The Morgan fingerprint density at radius 2 is 2.21 bits per heavy atom. The van der Waals surface area contributed by atoms with Gasteiger partial charge in [-0.15, -0.1) is 0 Å². The van der Waals surface area contributed by atoms with Crippen LogP contribution in [-0.4, -0.2) is 22.2 Å². The largest absolute Gasteiger partial charge is 0.477 e. The minimum Gasteiger partial charge on any atom is -0.477 e. The van der Waals surface area contributed by atoms with Crippen molar-refractivity contribution in [2.75, 3.05) is 0 Å². The molecule has 0 fully saturated rings. The smallest absolute Gasteiger partial charge is 0.341 e. The molecule has 0 aliphatic heterocycles. The summed E-state index contributed by atoms with van der Waals surface area (Å²) in [5.74, 6) is -0.833. The van der Waals surface area contributed by atoms with E-state index in [1.165, 1.54) is 25.3 Å². The monoisotopic (exact) mass is 329 g/mol. The summed E-state index contributed by atoms with van der Waals surface area (Å²) in [6, 6.07) is 1.51. The van der Waals surface area contributed by atoms with Gasteiger partial charge in [-0.1, -0.05) is 26.2 Å². The number of rotatable bonds is 8. The highest BCUT2D eigenvalue weighted by Crippen LogP contribution is 2.22. The third kappa shape index (κ3) is 5.59. The zero-order valence-corrected chi connectivity index (χ0v) is 12.9. The molecule has 1 aromatic rings. The number of carboxylic acids is 1. The van der Waals surface area contributed by atoms with E-state index in [0.29, 0.717) is 4.47 Å². The minimum atomic E-state index is -1.03. The van der Waals surface area contributed by atoms with Gasteiger partial charge in [-0.05, 0) is 41.8 Å². The van der Waals surface area contributed by atoms with Crippen molar-refractivity contribution in [2.45, 2.75) is 52.1 Å². The van der Waals surface area contributed by atoms with Gasteiger partial charge in [-0.25, -0.2) is 9.78 Å². The molecule has 1 unspecified atom stereocenters. The van der Waals surface area contributed by atoms with Crippen LogP contribution >= 0.6 is 15.9 Å². The third-order valence-electron chi connectivity index (χ3n) is 2.83. The lowest BCUT2D eigenvalue weighted by Crippen LogP contribution is -2.15. The SMILES string of the molecule is CCCCCCC(C)Oc1ncc(Br)cc1C(=O)O. The summed E-state index contributed by atoms with van der Waals surface area (Å²) in [7, 11) is 0. The Bertz CT molecular complexity index is 423. The first-order chi connectivity index (χ1) is 9.04. The average molecular weight is 330 g/mol. The molecule has 0 aromatic carbocycles. The molecule has 4 nitrogen and oxygen atoms in total. The van der Waals surface area contributed by atoms with Crippen LogP contribution in [0.3, 0.4) is 0 Å². The maximum Gasteiger partial charge on any atom is 0.341 e. The fraction of sp³-hybridized carbons (Fsp3) is 0.571. The number of hydrogen-bond acceptors (Lipinski definition) is 3. The summed E-state index contributed by atoms with van der Waals surface area (Å²) in [5, 5.41) is 9.11. The molecular weight excluding hydrogens is 310 g/mol. The second-order valence-electron chi connectivity index (χ2n) is 4.59. The van der Waals surface area contributed by atoms with Crippen molar-refractivity contribution in [3.63, 3.8) is 0 Å². The number of pyridine rings is 1. The van der Waals surface area contributed by atoms with Crippen LogP contribution in [0.25, 0.3) is 0 Å². The fourth-order valence-corrected chi connectivity index (χ4v) is 2.11. The van der Waals surface area contributed by atoms with Gasteiger partial charge in [0.2, 0.25) is 5.88 Å². The lowest BCUT2D eigenvalue weighted by atomic mass is 10.1. The molecule has 1 aromatic heterocycles. The summed E-state index contributed by atoms with van der Waals surface area (Å²) in [5.41, 5.74) is 0.0924. The van der Waals surface area contributed by atoms with Gasteiger partial charge >= 0.3 is 5.97 Å². The highest BCUT2D eigenvalue weighted by Gasteiger charge is 2.15. The molecule has 5 heteroatoms. The van der Waals surface area contributed by atoms with E-state index in [9.17, 15) is 4.79 Å². The first-order valence-corrected chi connectivity index (χ1v) is 7.39. The number of aromatic carboxylic acids is 1. The molecule has 0 aliphatic rings. The number of nitrogens with zero attached hydrogens (tertiary/aromatic N) is 1. The van der Waals surface area contributed by atoms with E-state index in [2.05, 4.69) is 27.8 Å². The number of hydrogen-bond donors (Lipinski definition) is 1. The molecule has 19 heavy (non-hydrogen) atoms. The molecule has 1 rings (SSSR count). The summed E-state index contributed by atoms with van der Waals surface area (Å²) < 4.78 is 6.26. The predicted molar refractivity (Wildman–Crippen MR) is 77.7 cm³/mol. The number of aromatic nitrogens is 1. The fourth-order valence-electron chi connectivity index (χ4n) is 1.78. The number of halogens is 1. The summed E-state index contributed by atoms with van der Waals surface area (Å²) >= 11 is 3.21. The van der Waals surface area contributed by atoms with Gasteiger partial charge in [0.15, 0.2) is 0 Å². The van der Waals surface area contributed by atoms with E-state index < -0.39 is 5.97 Å². The average Bonchev–Trinajstić information content (AvgIpc) is 2.36. The van der Waals surface area contributed by atoms with Crippen molar-refractivity contribution in [3.05, 3.63) is 22.3 Å². The van der Waals surface area contributed by atoms with E-state index >= 15 is 0 Å². The number of carboxylic acid groups (broad SMARTS) is 1. The van der Waals surface area contributed by atoms with Gasteiger partial charge in [0, 0.05) is 10.7 Å². The zero-order valence-electron chi connectivity index (χ0n) is 11.4. The lowest BCUT2D eigenvalue weighted by molar-refractivity contribution is 0.0687. The molecule has 1 N–H and O–H groups in total. The van der Waals surface area contributed by atoms with Crippen LogP contribution in [0.5, 0.6) is 5.88 Å². The topological polar surface area (TPSA) is 59.4 Å². The summed E-state index contributed by atoms with van der Waals surface area (Å²) in [6.07, 6.45) is 7.14. The van der Waals surface area contributed by atoms with Crippen molar-refractivity contribution >= 4 is 21.9 Å². The Labute approximate surface area is 122 Å². The van der Waals surface area contributed by atoms with E-state index in [1.54, 1.807) is 6.20 Å². The highest BCUT2D eigenvalue weighted by atomic mass is 79.9. The Hall–Kier alpha value is -1.10. The molecule has 0 spiro atoms. The first kappa shape index (κ1) is 16.0. The molecule has 0 radical (unpaired) electrons. The Kier molecular flexibility index (Phi) is 6.84. The van der Waals surface area contributed by atoms with Gasteiger partial charge in [0.25, 0.3) is 0 Å². The van der Waals surface area contributed by atoms with Crippen LogP contribution < -0.4 is 4.74 Å². The van der Waals surface area contributed by atoms with Crippen molar-refractivity contribution in [2.24, 2.45) is 0 Å². The predicted octanol–water partition coefficient (Wildman–Crippen LogP) is 4.28. The quantitative estimate of drug-likeness (QED) is 0.723. The summed E-state index contributed by atoms with van der Waals surface area (Å²) in [6.45, 7) is 4.12. The van der Waals surface area contributed by atoms with Crippen LogP contribution in [0, 0.1) is 0 Å². The van der Waals surface area contributed by atoms with Crippen molar-refractivity contribution in [1.82, 2.24) is 4.98 Å². The maximum atomic E-state index is 11.1. The lowest BCUT2D eigenvalue weighted by Gasteiger charge is -2.15. The van der Waals surface area contributed by atoms with Crippen LogP contribution in [-0.2, 0) is 0 Å². The molecule has 106 valence electrons. The van der Waals surface area contributed by atoms with Crippen molar-refractivity contribution < 1.29 is 14.6 Å². The number of carbonyl (C=O) groups is 1. The molecule has 0 aliphatic carbocycles. The summed E-state index contributed by atoms with van der Waals surface area (Å²) in [4.78, 5) is 15.1. The van der Waals surface area contributed by atoms with Crippen LogP contribution in [0.2, 0.25) is 0 Å². The number of unbranched alkanes of at least 4 members (excludes halogenated alkanes) is 3. The molecule has 1 atom stereocenters. The molecule has 0 saturated heterocycles. The van der Waals surface area contributed by atoms with Crippen LogP contribution in [0.1, 0.15) is 56.3 Å². The second kappa shape index (κ2) is 8.15. The molecule has 0 bridgehead atoms. The van der Waals surface area contributed by atoms with E-state index in [-0.39, 0.29) is 17.5 Å². The van der Waals surface area contributed by atoms with E-state index in [0.717, 1.165) is 12.8 Å². The van der Waals surface area contributed by atoms with Gasteiger partial charge < -0.3 is 9.84 Å². The standard InChI is InChI=1S/C14H20BrNO3/c1-3-4-5-6-7-10(2)19-13-12(14(17)18)8-11(15)9-16-13/h8-10H,3-7H2,1-2H3,(H,17,18). The Morgan fingerprint density at radius 3 is 2.84 bits per heavy atom. The van der Waals surface area contributed by atoms with Crippen molar-refractivity contribution in [1.29, 1.82) is 0 Å². The molecule has 0 amide bonds. The van der Waals surface area contributed by atoms with E-state index in [4.69, 9.17) is 9.84 Å². The van der Waals surface area contributed by atoms with E-state index in [1.807, 2.05) is 6.92 Å². The van der Waals surface area contributed by atoms with Gasteiger partial charge in [-0.2, -0.15) is 0 Å². The minimum absolute atomic E-state index is 0.0244. The normalized spacial score (nSPS) is 12.2. The Morgan fingerprint density at radius 1 is 1.47 bits per heavy atom. The molecule has 1 heterocycles. The second-order valence-corrected chi connectivity index (χ2v) is 5.50. The molecule has 0 saturated carbocycles. The highest BCUT2D eigenvalue weighted by molar-refractivity contribution is 9.10. The molecular formula is C14H20BrNO3. The maximum absolute atomic E-state index is 11.1. The van der Waals surface area contributed by atoms with Crippen molar-refractivity contribution in [3.8, 4) is 5.88 Å².